The maximum absolute atomic E-state index is 11.9. The molecular formula is C17H27ClN2O2. The van der Waals surface area contributed by atoms with Crippen molar-refractivity contribution in [3.8, 4) is 0 Å². The summed E-state index contributed by atoms with van der Waals surface area (Å²) >= 11 is 0. The summed E-state index contributed by atoms with van der Waals surface area (Å²) in [4.78, 5) is 11.9. The van der Waals surface area contributed by atoms with Crippen molar-refractivity contribution < 1.29 is 9.53 Å². The van der Waals surface area contributed by atoms with Gasteiger partial charge in [0.05, 0.1) is 6.61 Å². The van der Waals surface area contributed by atoms with E-state index in [1.165, 1.54) is 18.4 Å². The van der Waals surface area contributed by atoms with E-state index in [2.05, 4.69) is 17.4 Å². The van der Waals surface area contributed by atoms with Crippen LogP contribution in [0.5, 0.6) is 0 Å². The van der Waals surface area contributed by atoms with Crippen LogP contribution in [0.4, 0.5) is 0 Å². The highest BCUT2D eigenvalue weighted by Crippen LogP contribution is 2.23. The summed E-state index contributed by atoms with van der Waals surface area (Å²) in [6.45, 7) is 1.36. The summed E-state index contributed by atoms with van der Waals surface area (Å²) in [5.41, 5.74) is 7.00. The highest BCUT2D eigenvalue weighted by atomic mass is 35.5. The summed E-state index contributed by atoms with van der Waals surface area (Å²) < 4.78 is 5.47. The van der Waals surface area contributed by atoms with E-state index in [9.17, 15) is 4.79 Å². The molecule has 1 aliphatic carbocycles. The van der Waals surface area contributed by atoms with E-state index >= 15 is 0 Å². The zero-order valence-electron chi connectivity index (χ0n) is 13.0. The number of ether oxygens (including phenoxy) is 1. The van der Waals surface area contributed by atoms with Gasteiger partial charge in [-0.2, -0.15) is 0 Å². The monoisotopic (exact) mass is 326 g/mol. The summed E-state index contributed by atoms with van der Waals surface area (Å²) in [7, 11) is 0. The number of nitrogens with two attached hydrogens (primary N) is 1. The van der Waals surface area contributed by atoms with Crippen LogP contribution in [0.2, 0.25) is 0 Å². The Balaban J connectivity index is 0.00000242. The molecule has 124 valence electrons. The summed E-state index contributed by atoms with van der Waals surface area (Å²) in [5, 5.41) is 3.07. The Bertz CT molecular complexity index is 428. The predicted octanol–water partition coefficient (Wildman–Crippen LogP) is 2.30. The van der Waals surface area contributed by atoms with Gasteiger partial charge in [-0.05, 0) is 37.3 Å². The molecule has 1 aliphatic rings. The fraction of sp³-hybridized carbons (Fsp3) is 0.588. The fourth-order valence-corrected chi connectivity index (χ4v) is 2.93. The molecule has 0 aliphatic heterocycles. The first kappa shape index (κ1) is 18.9. The predicted molar refractivity (Wildman–Crippen MR) is 91.2 cm³/mol. The molecular weight excluding hydrogens is 300 g/mol. The van der Waals surface area contributed by atoms with E-state index in [0.29, 0.717) is 19.1 Å². The molecule has 1 fully saturated rings. The lowest BCUT2D eigenvalue weighted by Crippen LogP contribution is -2.45. The molecule has 1 aromatic carbocycles. The van der Waals surface area contributed by atoms with Crippen molar-refractivity contribution >= 4 is 18.3 Å². The Morgan fingerprint density at radius 2 is 1.95 bits per heavy atom. The summed E-state index contributed by atoms with van der Waals surface area (Å²) in [6, 6.07) is 10.4. The lowest BCUT2D eigenvalue weighted by Gasteiger charge is -2.31. The van der Waals surface area contributed by atoms with Crippen molar-refractivity contribution in [2.75, 3.05) is 19.8 Å². The molecule has 4 nitrogen and oxygen atoms in total. The van der Waals surface area contributed by atoms with Gasteiger partial charge in [0.15, 0.2) is 0 Å². The van der Waals surface area contributed by atoms with Gasteiger partial charge < -0.3 is 15.8 Å². The number of halogens is 1. The maximum atomic E-state index is 11.9. The number of rotatable bonds is 7. The smallest absolute Gasteiger partial charge is 0.246 e. The number of benzene rings is 1. The molecule has 0 radical (unpaired) electrons. The van der Waals surface area contributed by atoms with Crippen LogP contribution >= 0.6 is 12.4 Å². The third kappa shape index (κ3) is 6.34. The molecule has 2 unspecified atom stereocenters. The van der Waals surface area contributed by atoms with Crippen LogP contribution < -0.4 is 11.1 Å². The quantitative estimate of drug-likeness (QED) is 0.756. The number of hydrogen-bond acceptors (Lipinski definition) is 3. The van der Waals surface area contributed by atoms with Gasteiger partial charge in [-0.25, -0.2) is 0 Å². The van der Waals surface area contributed by atoms with Crippen LogP contribution in [0, 0.1) is 5.92 Å². The third-order valence-electron chi connectivity index (χ3n) is 4.17. The minimum atomic E-state index is -0.0200. The summed E-state index contributed by atoms with van der Waals surface area (Å²) in [6.07, 6.45) is 5.40. The van der Waals surface area contributed by atoms with Crippen LogP contribution in [0.1, 0.15) is 31.2 Å². The van der Waals surface area contributed by atoms with Crippen molar-refractivity contribution in [1.29, 1.82) is 0 Å². The first-order valence-corrected chi connectivity index (χ1v) is 7.90. The molecule has 2 rings (SSSR count). The number of hydrogen-bond donors (Lipinski definition) is 2. The van der Waals surface area contributed by atoms with Gasteiger partial charge in [-0.3, -0.25) is 4.79 Å². The number of nitrogens with one attached hydrogen (secondary N) is 1. The molecule has 2 atom stereocenters. The van der Waals surface area contributed by atoms with Gasteiger partial charge in [0, 0.05) is 6.04 Å². The van der Waals surface area contributed by atoms with Crippen molar-refractivity contribution in [2.24, 2.45) is 11.7 Å². The average molecular weight is 327 g/mol. The van der Waals surface area contributed by atoms with Crippen LogP contribution in [-0.2, 0) is 16.0 Å². The van der Waals surface area contributed by atoms with Gasteiger partial charge in [0.1, 0.15) is 6.61 Å². The molecule has 1 amide bonds. The van der Waals surface area contributed by atoms with E-state index in [1.54, 1.807) is 0 Å². The van der Waals surface area contributed by atoms with Gasteiger partial charge >= 0.3 is 0 Å². The molecule has 3 N–H and O–H groups in total. The third-order valence-corrected chi connectivity index (χ3v) is 4.17. The van der Waals surface area contributed by atoms with Gasteiger partial charge in [-0.15, -0.1) is 12.4 Å². The Morgan fingerprint density at radius 1 is 1.23 bits per heavy atom. The highest BCUT2D eigenvalue weighted by Gasteiger charge is 2.25. The van der Waals surface area contributed by atoms with Crippen molar-refractivity contribution in [2.45, 2.75) is 38.1 Å². The van der Waals surface area contributed by atoms with E-state index in [-0.39, 0.29) is 31.0 Å². The van der Waals surface area contributed by atoms with E-state index in [1.807, 2.05) is 18.2 Å². The molecule has 1 saturated carbocycles. The molecule has 22 heavy (non-hydrogen) atoms. The first-order chi connectivity index (χ1) is 10.3. The van der Waals surface area contributed by atoms with E-state index in [4.69, 9.17) is 10.5 Å². The van der Waals surface area contributed by atoms with Crippen molar-refractivity contribution in [1.82, 2.24) is 5.32 Å². The Kier molecular flexibility index (Phi) is 9.13. The van der Waals surface area contributed by atoms with Gasteiger partial charge in [0.2, 0.25) is 5.91 Å². The standard InChI is InChI=1S/C17H26N2O2.ClH/c18-12-15-8-4-5-9-16(15)19-17(20)13-21-11-10-14-6-2-1-3-7-14;/h1-3,6-7,15-16H,4-5,8-13,18H2,(H,19,20);1H. The topological polar surface area (TPSA) is 64.3 Å². The zero-order chi connectivity index (χ0) is 14.9. The Morgan fingerprint density at radius 3 is 2.68 bits per heavy atom. The van der Waals surface area contributed by atoms with Gasteiger partial charge in [-0.1, -0.05) is 43.2 Å². The second-order valence-electron chi connectivity index (χ2n) is 5.74. The maximum Gasteiger partial charge on any atom is 0.246 e. The molecule has 0 heterocycles. The van der Waals surface area contributed by atoms with Crippen LogP contribution in [0.25, 0.3) is 0 Å². The minimum Gasteiger partial charge on any atom is -0.371 e. The second-order valence-corrected chi connectivity index (χ2v) is 5.74. The number of amides is 1. The molecule has 0 bridgehead atoms. The van der Waals surface area contributed by atoms with Crippen molar-refractivity contribution in [3.63, 3.8) is 0 Å². The molecule has 0 aromatic heterocycles. The lowest BCUT2D eigenvalue weighted by molar-refractivity contribution is -0.127. The molecule has 0 spiro atoms. The molecule has 1 aromatic rings. The first-order valence-electron chi connectivity index (χ1n) is 7.90. The Hall–Kier alpha value is -1.10. The van der Waals surface area contributed by atoms with E-state index < -0.39 is 0 Å². The lowest BCUT2D eigenvalue weighted by atomic mass is 9.84. The van der Waals surface area contributed by atoms with Gasteiger partial charge in [0.25, 0.3) is 0 Å². The van der Waals surface area contributed by atoms with Crippen LogP contribution in [0.3, 0.4) is 0 Å². The average Bonchev–Trinajstić information content (AvgIpc) is 2.53. The zero-order valence-corrected chi connectivity index (χ0v) is 13.8. The molecule has 5 heteroatoms. The van der Waals surface area contributed by atoms with Crippen LogP contribution in [-0.4, -0.2) is 31.7 Å². The normalized spacial score (nSPS) is 21.0. The summed E-state index contributed by atoms with van der Waals surface area (Å²) in [5.74, 6) is 0.403. The highest BCUT2D eigenvalue weighted by molar-refractivity contribution is 5.85. The van der Waals surface area contributed by atoms with E-state index in [0.717, 1.165) is 19.3 Å². The molecule has 0 saturated heterocycles. The number of carbonyl (C=O) groups excluding carboxylic acids is 1. The van der Waals surface area contributed by atoms with Crippen molar-refractivity contribution in [3.05, 3.63) is 35.9 Å². The second kappa shape index (κ2) is 10.6. The Labute approximate surface area is 139 Å². The largest absolute Gasteiger partial charge is 0.371 e. The fourth-order valence-electron chi connectivity index (χ4n) is 2.93. The number of carbonyl (C=O) groups is 1. The SMILES string of the molecule is Cl.NCC1CCCCC1NC(=O)COCCc1ccccc1. The van der Waals surface area contributed by atoms with Crippen LogP contribution in [0.15, 0.2) is 30.3 Å². The minimum absolute atomic E-state index is 0.